The van der Waals surface area contributed by atoms with Crippen molar-refractivity contribution in [3.8, 4) is 0 Å². The summed E-state index contributed by atoms with van der Waals surface area (Å²) >= 11 is 11.9. The Balaban J connectivity index is 2.16. The predicted octanol–water partition coefficient (Wildman–Crippen LogP) is 3.94. The molecule has 0 heterocycles. The van der Waals surface area contributed by atoms with Gasteiger partial charge in [-0.2, -0.15) is 0 Å². The molecule has 1 saturated carbocycles. The number of carbonyl (C=O) groups is 2. The standard InChI is InChI=1S/C16H19Cl2NO3/c1-22-15(20)8-9-19(12-4-2-3-5-12)16(21)11-6-7-13(17)14(18)10-11/h6-7,10,12H,2-5,8-9H2,1H3. The molecule has 1 aliphatic rings. The highest BCUT2D eigenvalue weighted by Gasteiger charge is 2.28. The first-order chi connectivity index (χ1) is 10.5. The third-order valence-corrected chi connectivity index (χ3v) is 4.72. The molecule has 0 saturated heterocycles. The van der Waals surface area contributed by atoms with E-state index in [1.807, 2.05) is 0 Å². The highest BCUT2D eigenvalue weighted by atomic mass is 35.5. The SMILES string of the molecule is COC(=O)CCN(C(=O)c1ccc(Cl)c(Cl)c1)C1CCCC1. The van der Waals surface area contributed by atoms with Gasteiger partial charge in [0.25, 0.3) is 5.91 Å². The smallest absolute Gasteiger partial charge is 0.307 e. The molecule has 0 bridgehead atoms. The zero-order chi connectivity index (χ0) is 16.1. The number of nitrogens with zero attached hydrogens (tertiary/aromatic N) is 1. The molecular weight excluding hydrogens is 325 g/mol. The summed E-state index contributed by atoms with van der Waals surface area (Å²) in [7, 11) is 1.35. The molecule has 1 amide bonds. The summed E-state index contributed by atoms with van der Waals surface area (Å²) in [6.45, 7) is 0.358. The van der Waals surface area contributed by atoms with Crippen molar-refractivity contribution in [3.63, 3.8) is 0 Å². The molecular formula is C16H19Cl2NO3. The van der Waals surface area contributed by atoms with Crippen molar-refractivity contribution in [1.29, 1.82) is 0 Å². The van der Waals surface area contributed by atoms with E-state index < -0.39 is 0 Å². The van der Waals surface area contributed by atoms with Crippen LogP contribution in [0.25, 0.3) is 0 Å². The molecule has 1 aromatic carbocycles. The topological polar surface area (TPSA) is 46.6 Å². The molecule has 6 heteroatoms. The van der Waals surface area contributed by atoms with Crippen molar-refractivity contribution in [2.75, 3.05) is 13.7 Å². The maximum Gasteiger partial charge on any atom is 0.307 e. The van der Waals surface area contributed by atoms with E-state index in [1.54, 1.807) is 23.1 Å². The van der Waals surface area contributed by atoms with Gasteiger partial charge in [-0.25, -0.2) is 0 Å². The number of carbonyl (C=O) groups excluding carboxylic acids is 2. The Labute approximate surface area is 140 Å². The van der Waals surface area contributed by atoms with Crippen molar-refractivity contribution >= 4 is 35.1 Å². The molecule has 1 aromatic rings. The van der Waals surface area contributed by atoms with Gasteiger partial charge in [0.2, 0.25) is 0 Å². The summed E-state index contributed by atoms with van der Waals surface area (Å²) < 4.78 is 4.67. The van der Waals surface area contributed by atoms with Crippen LogP contribution in [0.5, 0.6) is 0 Å². The van der Waals surface area contributed by atoms with Crippen LogP contribution in [0.2, 0.25) is 10.0 Å². The molecule has 1 aliphatic carbocycles. The molecule has 2 rings (SSSR count). The second kappa shape index (κ2) is 7.84. The van der Waals surface area contributed by atoms with E-state index in [2.05, 4.69) is 4.74 Å². The van der Waals surface area contributed by atoms with Gasteiger partial charge in [0.15, 0.2) is 0 Å². The van der Waals surface area contributed by atoms with E-state index >= 15 is 0 Å². The Morgan fingerprint density at radius 3 is 2.50 bits per heavy atom. The number of amides is 1. The minimum absolute atomic E-state index is 0.116. The second-order valence-electron chi connectivity index (χ2n) is 5.39. The van der Waals surface area contributed by atoms with Gasteiger partial charge >= 0.3 is 5.97 Å². The highest BCUT2D eigenvalue weighted by Crippen LogP contribution is 2.27. The minimum atomic E-state index is -0.315. The van der Waals surface area contributed by atoms with Crippen molar-refractivity contribution in [2.45, 2.75) is 38.1 Å². The fourth-order valence-corrected chi connectivity index (χ4v) is 3.07. The van der Waals surface area contributed by atoms with Gasteiger partial charge in [0.05, 0.1) is 23.6 Å². The molecule has 0 aliphatic heterocycles. The maximum absolute atomic E-state index is 12.8. The first kappa shape index (κ1) is 17.1. The quantitative estimate of drug-likeness (QED) is 0.760. The third kappa shape index (κ3) is 4.14. The fourth-order valence-electron chi connectivity index (χ4n) is 2.77. The first-order valence-electron chi connectivity index (χ1n) is 7.35. The Morgan fingerprint density at radius 2 is 1.91 bits per heavy atom. The molecule has 4 nitrogen and oxygen atoms in total. The van der Waals surface area contributed by atoms with Gasteiger partial charge in [-0.3, -0.25) is 9.59 Å². The summed E-state index contributed by atoms with van der Waals surface area (Å²) in [5.41, 5.74) is 0.492. The molecule has 22 heavy (non-hydrogen) atoms. The van der Waals surface area contributed by atoms with E-state index in [-0.39, 0.29) is 24.3 Å². The number of methoxy groups -OCH3 is 1. The lowest BCUT2D eigenvalue weighted by molar-refractivity contribution is -0.140. The van der Waals surface area contributed by atoms with Crippen LogP contribution < -0.4 is 0 Å². The number of benzene rings is 1. The van der Waals surface area contributed by atoms with Crippen LogP contribution in [-0.4, -0.2) is 36.5 Å². The lowest BCUT2D eigenvalue weighted by atomic mass is 10.1. The van der Waals surface area contributed by atoms with E-state index in [0.29, 0.717) is 22.2 Å². The number of hydrogen-bond donors (Lipinski definition) is 0. The van der Waals surface area contributed by atoms with E-state index in [1.165, 1.54) is 7.11 Å². The van der Waals surface area contributed by atoms with Crippen molar-refractivity contribution in [1.82, 2.24) is 4.90 Å². The van der Waals surface area contributed by atoms with Gasteiger partial charge in [0.1, 0.15) is 0 Å². The molecule has 0 spiro atoms. The number of esters is 1. The summed E-state index contributed by atoms with van der Waals surface area (Å²) in [6, 6.07) is 5.03. The fraction of sp³-hybridized carbons (Fsp3) is 0.500. The average molecular weight is 344 g/mol. The minimum Gasteiger partial charge on any atom is -0.469 e. The highest BCUT2D eigenvalue weighted by molar-refractivity contribution is 6.42. The zero-order valence-corrected chi connectivity index (χ0v) is 14.0. The van der Waals surface area contributed by atoms with Gasteiger partial charge < -0.3 is 9.64 Å². The van der Waals surface area contributed by atoms with Gasteiger partial charge in [-0.15, -0.1) is 0 Å². The van der Waals surface area contributed by atoms with Crippen LogP contribution in [0.4, 0.5) is 0 Å². The first-order valence-corrected chi connectivity index (χ1v) is 8.11. The average Bonchev–Trinajstić information content (AvgIpc) is 3.03. The van der Waals surface area contributed by atoms with Crippen molar-refractivity contribution in [3.05, 3.63) is 33.8 Å². The molecule has 0 aromatic heterocycles. The monoisotopic (exact) mass is 343 g/mol. The second-order valence-corrected chi connectivity index (χ2v) is 6.21. The van der Waals surface area contributed by atoms with Crippen molar-refractivity contribution in [2.24, 2.45) is 0 Å². The lowest BCUT2D eigenvalue weighted by Crippen LogP contribution is -2.40. The molecule has 0 N–H and O–H groups in total. The summed E-state index contributed by atoms with van der Waals surface area (Å²) in [6.07, 6.45) is 4.34. The maximum atomic E-state index is 12.8. The summed E-state index contributed by atoms with van der Waals surface area (Å²) in [4.78, 5) is 25.9. The van der Waals surface area contributed by atoms with Crippen molar-refractivity contribution < 1.29 is 14.3 Å². The van der Waals surface area contributed by atoms with Crippen LogP contribution in [0.3, 0.4) is 0 Å². The molecule has 0 atom stereocenters. The largest absolute Gasteiger partial charge is 0.469 e. The normalized spacial score (nSPS) is 14.9. The van der Waals surface area contributed by atoms with Crippen LogP contribution in [-0.2, 0) is 9.53 Å². The zero-order valence-electron chi connectivity index (χ0n) is 12.5. The van der Waals surface area contributed by atoms with Gasteiger partial charge in [-0.1, -0.05) is 36.0 Å². The van der Waals surface area contributed by atoms with Gasteiger partial charge in [0, 0.05) is 18.2 Å². The van der Waals surface area contributed by atoms with Crippen LogP contribution >= 0.6 is 23.2 Å². The summed E-state index contributed by atoms with van der Waals surface area (Å²) in [5, 5.41) is 0.770. The molecule has 0 radical (unpaired) electrons. The summed E-state index contributed by atoms with van der Waals surface area (Å²) in [5.74, 6) is -0.431. The van der Waals surface area contributed by atoms with Crippen LogP contribution in [0.15, 0.2) is 18.2 Å². The van der Waals surface area contributed by atoms with E-state index in [9.17, 15) is 9.59 Å². The number of ether oxygens (including phenoxy) is 1. The Bertz CT molecular complexity index is 556. The Hall–Kier alpha value is -1.26. The molecule has 0 unspecified atom stereocenters. The number of rotatable bonds is 5. The molecule has 120 valence electrons. The van der Waals surface area contributed by atoms with Crippen LogP contribution in [0.1, 0.15) is 42.5 Å². The predicted molar refractivity (Wildman–Crippen MR) is 86.4 cm³/mol. The van der Waals surface area contributed by atoms with Gasteiger partial charge in [-0.05, 0) is 31.0 Å². The van der Waals surface area contributed by atoms with Crippen LogP contribution in [0, 0.1) is 0 Å². The van der Waals surface area contributed by atoms with E-state index in [0.717, 1.165) is 25.7 Å². The number of halogens is 2. The van der Waals surface area contributed by atoms with E-state index in [4.69, 9.17) is 23.2 Å². The lowest BCUT2D eigenvalue weighted by Gasteiger charge is -2.29. The Morgan fingerprint density at radius 1 is 1.23 bits per heavy atom. The Kier molecular flexibility index (Phi) is 6.09. The third-order valence-electron chi connectivity index (χ3n) is 3.98. The molecule has 1 fully saturated rings. The number of hydrogen-bond acceptors (Lipinski definition) is 3.